The Hall–Kier alpha value is -1.86. The van der Waals surface area contributed by atoms with Crippen LogP contribution in [0.1, 0.15) is 18.9 Å². The molecule has 4 heteroatoms. The maximum absolute atomic E-state index is 14.5. The molecule has 0 heterocycles. The van der Waals surface area contributed by atoms with Crippen molar-refractivity contribution < 1.29 is 4.57 Å². The van der Waals surface area contributed by atoms with Gasteiger partial charge < -0.3 is 4.57 Å². The first-order chi connectivity index (χ1) is 13.5. The summed E-state index contributed by atoms with van der Waals surface area (Å²) in [7, 11) is -3.09. The largest absolute Gasteiger partial charge is 0.309 e. The van der Waals surface area contributed by atoms with Gasteiger partial charge in [-0.15, -0.1) is 0 Å². The van der Waals surface area contributed by atoms with Crippen molar-refractivity contribution in [1.82, 2.24) is 0 Å². The Bertz CT molecular complexity index is 997. The summed E-state index contributed by atoms with van der Waals surface area (Å²) in [6.45, 7) is 6.38. The normalized spacial score (nSPS) is 12.4. The average Bonchev–Trinajstić information content (AvgIpc) is 2.75. The van der Waals surface area contributed by atoms with Crippen LogP contribution < -0.4 is 10.6 Å². The molecular weight excluding hydrogens is 451 g/mol. The first kappa shape index (κ1) is 20.9. The van der Waals surface area contributed by atoms with Crippen molar-refractivity contribution in [2.45, 2.75) is 13.3 Å². The van der Waals surface area contributed by atoms with Crippen molar-refractivity contribution in [3.05, 3.63) is 112 Å². The van der Waals surface area contributed by atoms with Crippen molar-refractivity contribution in [3.8, 4) is 0 Å². The Morgan fingerprint density at radius 3 is 1.79 bits per heavy atom. The fraction of sp³-hybridized carbons (Fsp3) is 0.0833. The second-order valence-electron chi connectivity index (χ2n) is 6.38. The predicted octanol–water partition coefficient (Wildman–Crippen LogP) is 7.38. The molecule has 0 saturated carbocycles. The zero-order valence-corrected chi connectivity index (χ0v) is 18.8. The third kappa shape index (κ3) is 4.10. The second kappa shape index (κ2) is 9.09. The van der Waals surface area contributed by atoms with Crippen molar-refractivity contribution in [2.24, 2.45) is 0 Å². The zero-order chi connectivity index (χ0) is 20.1. The highest BCUT2D eigenvalue weighted by atomic mass is 79.9. The Morgan fingerprint density at radius 2 is 1.36 bits per heavy atom. The molecule has 0 spiro atoms. The van der Waals surface area contributed by atoms with Crippen LogP contribution in [0.15, 0.2) is 101 Å². The third-order valence-electron chi connectivity index (χ3n) is 4.68. The molecule has 0 aromatic heterocycles. The molecule has 0 atom stereocenters. The summed E-state index contributed by atoms with van der Waals surface area (Å²) in [6.07, 6.45) is 0.769. The smallest absolute Gasteiger partial charge is 0.171 e. The van der Waals surface area contributed by atoms with E-state index in [0.717, 1.165) is 32.6 Å². The molecule has 1 nitrogen and oxygen atoms in total. The SMILES string of the molecule is C=C(/C(Br)=C(\CC)c1ccc(Cl)cc1)P(=O)(c1ccccc1)c1ccccc1. The summed E-state index contributed by atoms with van der Waals surface area (Å²) >= 11 is 9.77. The van der Waals surface area contributed by atoms with Crippen LogP contribution >= 0.6 is 34.7 Å². The van der Waals surface area contributed by atoms with Gasteiger partial charge in [0.2, 0.25) is 0 Å². The Balaban J connectivity index is 2.19. The highest BCUT2D eigenvalue weighted by Crippen LogP contribution is 2.56. The molecule has 0 saturated heterocycles. The summed E-state index contributed by atoms with van der Waals surface area (Å²) in [5.41, 5.74) is 2.08. The van der Waals surface area contributed by atoms with E-state index >= 15 is 0 Å². The summed E-state index contributed by atoms with van der Waals surface area (Å²) in [5.74, 6) is 0. The number of hydrogen-bond acceptors (Lipinski definition) is 1. The minimum atomic E-state index is -3.09. The molecule has 0 unspecified atom stereocenters. The van der Waals surface area contributed by atoms with Gasteiger partial charge in [0.1, 0.15) is 0 Å². The lowest BCUT2D eigenvalue weighted by molar-refractivity contribution is 0.591. The number of hydrogen-bond donors (Lipinski definition) is 0. The van der Waals surface area contributed by atoms with Gasteiger partial charge in [0.15, 0.2) is 7.14 Å². The fourth-order valence-corrected chi connectivity index (χ4v) is 7.09. The van der Waals surface area contributed by atoms with E-state index in [0.29, 0.717) is 10.3 Å². The summed E-state index contributed by atoms with van der Waals surface area (Å²) in [4.78, 5) is 0. The molecule has 142 valence electrons. The van der Waals surface area contributed by atoms with Crippen LogP contribution in [0.5, 0.6) is 0 Å². The molecule has 0 bridgehead atoms. The molecule has 0 N–H and O–H groups in total. The van der Waals surface area contributed by atoms with Gasteiger partial charge >= 0.3 is 0 Å². The first-order valence-corrected chi connectivity index (χ1v) is 11.9. The molecule has 3 aromatic carbocycles. The van der Waals surface area contributed by atoms with E-state index in [4.69, 9.17) is 11.6 Å². The maximum atomic E-state index is 14.5. The van der Waals surface area contributed by atoms with Crippen molar-refractivity contribution in [2.75, 3.05) is 0 Å². The Morgan fingerprint density at radius 1 is 0.893 bits per heavy atom. The summed E-state index contributed by atoms with van der Waals surface area (Å²) in [6, 6.07) is 26.8. The molecule has 3 rings (SSSR count). The molecular formula is C24H21BrClOP. The van der Waals surface area contributed by atoms with Gasteiger partial charge in [-0.1, -0.05) is 97.9 Å². The summed E-state index contributed by atoms with van der Waals surface area (Å²) < 4.78 is 15.3. The minimum Gasteiger partial charge on any atom is -0.309 e. The quantitative estimate of drug-likeness (QED) is 0.271. The van der Waals surface area contributed by atoms with Gasteiger partial charge in [-0.3, -0.25) is 0 Å². The first-order valence-electron chi connectivity index (χ1n) is 9.04. The van der Waals surface area contributed by atoms with Crippen molar-refractivity contribution >= 4 is 50.9 Å². The molecule has 28 heavy (non-hydrogen) atoms. The van der Waals surface area contributed by atoms with E-state index in [1.807, 2.05) is 84.9 Å². The lowest BCUT2D eigenvalue weighted by Gasteiger charge is -2.23. The van der Waals surface area contributed by atoms with Crippen LogP contribution in [0.4, 0.5) is 0 Å². The Kier molecular flexibility index (Phi) is 6.78. The van der Waals surface area contributed by atoms with Crippen LogP contribution in [0.3, 0.4) is 0 Å². The van der Waals surface area contributed by atoms with Gasteiger partial charge in [0.05, 0.1) is 0 Å². The molecule has 3 aromatic rings. The molecule has 0 aliphatic heterocycles. The lowest BCUT2D eigenvalue weighted by Crippen LogP contribution is -2.17. The Labute approximate surface area is 180 Å². The van der Waals surface area contributed by atoms with E-state index < -0.39 is 7.14 Å². The van der Waals surface area contributed by atoms with E-state index in [9.17, 15) is 4.57 Å². The van der Waals surface area contributed by atoms with E-state index in [1.54, 1.807) is 0 Å². The van der Waals surface area contributed by atoms with Gasteiger partial charge in [0.25, 0.3) is 0 Å². The average molecular weight is 472 g/mol. The second-order valence-corrected chi connectivity index (χ2v) is 10.4. The lowest BCUT2D eigenvalue weighted by atomic mass is 10.0. The van der Waals surface area contributed by atoms with Crippen LogP contribution in [-0.2, 0) is 4.57 Å². The van der Waals surface area contributed by atoms with Crippen LogP contribution in [-0.4, -0.2) is 0 Å². The van der Waals surface area contributed by atoms with E-state index in [-0.39, 0.29) is 0 Å². The van der Waals surface area contributed by atoms with Gasteiger partial charge in [-0.05, 0) is 45.6 Å². The van der Waals surface area contributed by atoms with Crippen LogP contribution in [0.25, 0.3) is 5.57 Å². The van der Waals surface area contributed by atoms with Crippen molar-refractivity contribution in [3.63, 3.8) is 0 Å². The number of allylic oxidation sites excluding steroid dienone is 3. The highest BCUT2D eigenvalue weighted by molar-refractivity contribution is 9.12. The van der Waals surface area contributed by atoms with Gasteiger partial charge in [0, 0.05) is 25.4 Å². The highest BCUT2D eigenvalue weighted by Gasteiger charge is 2.32. The molecule has 0 radical (unpaired) electrons. The summed E-state index contributed by atoms with van der Waals surface area (Å²) in [5, 5.41) is 2.83. The standard InChI is InChI=1S/C24H21BrClOP/c1-3-23(19-14-16-20(26)17-15-19)24(25)18(2)28(27,21-10-6-4-7-11-21)22-12-8-5-9-13-22/h4-17H,2-3H2,1H3/b24-23-. The zero-order valence-electron chi connectivity index (χ0n) is 15.6. The van der Waals surface area contributed by atoms with E-state index in [1.165, 1.54) is 0 Å². The monoisotopic (exact) mass is 470 g/mol. The fourth-order valence-electron chi connectivity index (χ4n) is 3.19. The number of halogens is 2. The van der Waals surface area contributed by atoms with Crippen molar-refractivity contribution in [1.29, 1.82) is 0 Å². The number of rotatable bonds is 6. The van der Waals surface area contributed by atoms with Crippen LogP contribution in [0, 0.1) is 0 Å². The van der Waals surface area contributed by atoms with Gasteiger partial charge in [-0.2, -0.15) is 0 Å². The third-order valence-corrected chi connectivity index (χ3v) is 9.23. The molecule has 0 aliphatic carbocycles. The van der Waals surface area contributed by atoms with E-state index in [2.05, 4.69) is 29.4 Å². The predicted molar refractivity (Wildman–Crippen MR) is 126 cm³/mol. The van der Waals surface area contributed by atoms with Gasteiger partial charge in [-0.25, -0.2) is 0 Å². The molecule has 0 amide bonds. The van der Waals surface area contributed by atoms with Crippen LogP contribution in [0.2, 0.25) is 5.02 Å². The maximum Gasteiger partial charge on any atom is 0.171 e. The molecule has 0 aliphatic rings. The topological polar surface area (TPSA) is 17.1 Å². The molecule has 0 fully saturated rings. The minimum absolute atomic E-state index is 0.594. The number of benzene rings is 3.